The Kier molecular flexibility index (Phi) is 2.56. The van der Waals surface area contributed by atoms with Gasteiger partial charge in [-0.15, -0.1) is 0 Å². The van der Waals surface area contributed by atoms with E-state index in [-0.39, 0.29) is 5.41 Å². The SMILES string of the molecule is Cc1cccc2nc3cccc(C(C)(C)C)c3nc12. The first-order chi connectivity index (χ1) is 8.97. The lowest BCUT2D eigenvalue weighted by atomic mass is 9.86. The Morgan fingerprint density at radius 3 is 2.11 bits per heavy atom. The molecule has 0 amide bonds. The lowest BCUT2D eigenvalue weighted by Gasteiger charge is -2.20. The standard InChI is InChI=1S/C17H18N2/c1-11-7-5-9-13-15(11)19-16-12(17(2,3)4)8-6-10-14(16)18-13/h5-10H,1-4H3. The van der Waals surface area contributed by atoms with Gasteiger partial charge in [-0.25, -0.2) is 9.97 Å². The summed E-state index contributed by atoms with van der Waals surface area (Å²) in [5.41, 5.74) is 6.48. The number of para-hydroxylation sites is 2. The minimum atomic E-state index is 0.0740. The van der Waals surface area contributed by atoms with Crippen molar-refractivity contribution in [2.45, 2.75) is 33.1 Å². The molecule has 0 saturated heterocycles. The molecular weight excluding hydrogens is 232 g/mol. The van der Waals surface area contributed by atoms with Crippen molar-refractivity contribution in [3.63, 3.8) is 0 Å². The molecule has 19 heavy (non-hydrogen) atoms. The fraction of sp³-hybridized carbons (Fsp3) is 0.294. The fourth-order valence-electron chi connectivity index (χ4n) is 2.46. The van der Waals surface area contributed by atoms with Crippen LogP contribution in [-0.2, 0) is 5.41 Å². The van der Waals surface area contributed by atoms with E-state index in [4.69, 9.17) is 9.97 Å². The second-order valence-electron chi connectivity index (χ2n) is 6.09. The van der Waals surface area contributed by atoms with Gasteiger partial charge in [0.05, 0.1) is 22.1 Å². The molecule has 0 unspecified atom stereocenters. The van der Waals surface area contributed by atoms with Crippen LogP contribution < -0.4 is 0 Å². The van der Waals surface area contributed by atoms with Crippen LogP contribution in [0.25, 0.3) is 22.1 Å². The van der Waals surface area contributed by atoms with Gasteiger partial charge in [0.1, 0.15) is 0 Å². The van der Waals surface area contributed by atoms with Crippen LogP contribution in [0.1, 0.15) is 31.9 Å². The van der Waals surface area contributed by atoms with Gasteiger partial charge in [-0.05, 0) is 35.6 Å². The summed E-state index contributed by atoms with van der Waals surface area (Å²) in [6.07, 6.45) is 0. The third kappa shape index (κ3) is 1.97. The van der Waals surface area contributed by atoms with Crippen LogP contribution in [0.3, 0.4) is 0 Å². The minimum absolute atomic E-state index is 0.0740. The molecule has 0 saturated carbocycles. The van der Waals surface area contributed by atoms with E-state index in [1.165, 1.54) is 11.1 Å². The molecule has 2 heteroatoms. The number of rotatable bonds is 0. The molecule has 0 bridgehead atoms. The highest BCUT2D eigenvalue weighted by Crippen LogP contribution is 2.29. The van der Waals surface area contributed by atoms with E-state index < -0.39 is 0 Å². The van der Waals surface area contributed by atoms with E-state index in [1.54, 1.807) is 0 Å². The molecule has 0 aliphatic rings. The van der Waals surface area contributed by atoms with Gasteiger partial charge >= 0.3 is 0 Å². The van der Waals surface area contributed by atoms with Gasteiger partial charge in [0, 0.05) is 0 Å². The largest absolute Gasteiger partial charge is 0.244 e. The van der Waals surface area contributed by atoms with Crippen LogP contribution in [0, 0.1) is 6.92 Å². The summed E-state index contributed by atoms with van der Waals surface area (Å²) in [6, 6.07) is 12.4. The number of nitrogens with zero attached hydrogens (tertiary/aromatic N) is 2. The molecule has 0 aliphatic carbocycles. The average Bonchev–Trinajstić information content (AvgIpc) is 2.35. The van der Waals surface area contributed by atoms with Gasteiger partial charge in [-0.1, -0.05) is 45.0 Å². The van der Waals surface area contributed by atoms with Gasteiger partial charge < -0.3 is 0 Å². The fourth-order valence-corrected chi connectivity index (χ4v) is 2.46. The van der Waals surface area contributed by atoms with Gasteiger partial charge in [0.2, 0.25) is 0 Å². The molecule has 0 aliphatic heterocycles. The van der Waals surface area contributed by atoms with Gasteiger partial charge in [-0.2, -0.15) is 0 Å². The number of hydrogen-bond donors (Lipinski definition) is 0. The van der Waals surface area contributed by atoms with E-state index in [9.17, 15) is 0 Å². The maximum atomic E-state index is 4.88. The predicted molar refractivity (Wildman–Crippen MR) is 80.5 cm³/mol. The number of hydrogen-bond acceptors (Lipinski definition) is 2. The lowest BCUT2D eigenvalue weighted by molar-refractivity contribution is 0.594. The molecule has 0 radical (unpaired) electrons. The van der Waals surface area contributed by atoms with Crippen molar-refractivity contribution >= 4 is 22.1 Å². The monoisotopic (exact) mass is 250 g/mol. The van der Waals surface area contributed by atoms with Crippen LogP contribution in [0.5, 0.6) is 0 Å². The molecule has 1 aromatic heterocycles. The second kappa shape index (κ2) is 4.02. The molecule has 96 valence electrons. The van der Waals surface area contributed by atoms with Crippen molar-refractivity contribution in [2.75, 3.05) is 0 Å². The Bertz CT molecular complexity index is 767. The molecule has 0 fully saturated rings. The van der Waals surface area contributed by atoms with E-state index in [0.29, 0.717) is 0 Å². The molecule has 3 aromatic rings. The summed E-state index contributed by atoms with van der Waals surface area (Å²) in [5, 5.41) is 0. The van der Waals surface area contributed by atoms with E-state index in [0.717, 1.165) is 22.1 Å². The highest BCUT2D eigenvalue weighted by atomic mass is 14.8. The first-order valence-electron chi connectivity index (χ1n) is 6.63. The summed E-state index contributed by atoms with van der Waals surface area (Å²) in [4.78, 5) is 9.63. The molecule has 3 rings (SSSR count). The molecule has 2 nitrogen and oxygen atoms in total. The summed E-state index contributed by atoms with van der Waals surface area (Å²) >= 11 is 0. The lowest BCUT2D eigenvalue weighted by Crippen LogP contribution is -2.12. The van der Waals surface area contributed by atoms with Crippen LogP contribution in [0.2, 0.25) is 0 Å². The van der Waals surface area contributed by atoms with Gasteiger partial charge in [0.25, 0.3) is 0 Å². The zero-order valence-corrected chi connectivity index (χ0v) is 11.9. The Morgan fingerprint density at radius 2 is 1.42 bits per heavy atom. The normalized spacial score (nSPS) is 12.2. The van der Waals surface area contributed by atoms with Crippen molar-refractivity contribution in [3.8, 4) is 0 Å². The Morgan fingerprint density at radius 1 is 0.789 bits per heavy atom. The quantitative estimate of drug-likeness (QED) is 0.553. The van der Waals surface area contributed by atoms with Crippen molar-refractivity contribution in [1.29, 1.82) is 0 Å². The minimum Gasteiger partial charge on any atom is -0.244 e. The molecule has 0 atom stereocenters. The van der Waals surface area contributed by atoms with Crippen molar-refractivity contribution in [3.05, 3.63) is 47.5 Å². The third-order valence-corrected chi connectivity index (χ3v) is 3.50. The maximum absolute atomic E-state index is 4.88. The van der Waals surface area contributed by atoms with Crippen molar-refractivity contribution in [1.82, 2.24) is 9.97 Å². The molecule has 0 N–H and O–H groups in total. The topological polar surface area (TPSA) is 25.8 Å². The number of aryl methyl sites for hydroxylation is 1. The highest BCUT2D eigenvalue weighted by Gasteiger charge is 2.18. The predicted octanol–water partition coefficient (Wildman–Crippen LogP) is 4.39. The zero-order chi connectivity index (χ0) is 13.6. The van der Waals surface area contributed by atoms with Crippen LogP contribution in [0.4, 0.5) is 0 Å². The zero-order valence-electron chi connectivity index (χ0n) is 11.9. The van der Waals surface area contributed by atoms with Gasteiger partial charge in [0.15, 0.2) is 0 Å². The Hall–Kier alpha value is -1.96. The molecule has 2 aromatic carbocycles. The van der Waals surface area contributed by atoms with Crippen molar-refractivity contribution in [2.24, 2.45) is 0 Å². The smallest absolute Gasteiger partial charge is 0.0932 e. The second-order valence-corrected chi connectivity index (χ2v) is 6.09. The number of aromatic nitrogens is 2. The summed E-state index contributed by atoms with van der Waals surface area (Å²) in [7, 11) is 0. The molecule has 1 heterocycles. The van der Waals surface area contributed by atoms with Gasteiger partial charge in [-0.3, -0.25) is 0 Å². The molecular formula is C17H18N2. The van der Waals surface area contributed by atoms with Crippen LogP contribution in [0.15, 0.2) is 36.4 Å². The van der Waals surface area contributed by atoms with E-state index >= 15 is 0 Å². The third-order valence-electron chi connectivity index (χ3n) is 3.50. The summed E-state index contributed by atoms with van der Waals surface area (Å²) in [6.45, 7) is 8.73. The van der Waals surface area contributed by atoms with E-state index in [1.807, 2.05) is 18.2 Å². The van der Waals surface area contributed by atoms with Crippen molar-refractivity contribution < 1.29 is 0 Å². The summed E-state index contributed by atoms with van der Waals surface area (Å²) in [5.74, 6) is 0. The summed E-state index contributed by atoms with van der Waals surface area (Å²) < 4.78 is 0. The Balaban J connectivity index is 2.46. The maximum Gasteiger partial charge on any atom is 0.0932 e. The Labute approximate surface area is 113 Å². The molecule has 0 spiro atoms. The van der Waals surface area contributed by atoms with E-state index in [2.05, 4.69) is 45.9 Å². The highest BCUT2D eigenvalue weighted by molar-refractivity contribution is 5.89. The first kappa shape index (κ1) is 12.1. The average molecular weight is 250 g/mol. The number of benzene rings is 2. The van der Waals surface area contributed by atoms with Crippen LogP contribution >= 0.6 is 0 Å². The van der Waals surface area contributed by atoms with Crippen LogP contribution in [-0.4, -0.2) is 9.97 Å². The first-order valence-corrected chi connectivity index (χ1v) is 6.63. The number of fused-ring (bicyclic) bond motifs is 2.